The quantitative estimate of drug-likeness (QED) is 0.349. The number of hydrogen-bond donors (Lipinski definition) is 1. The minimum atomic E-state index is -1.20. The van der Waals surface area contributed by atoms with Gasteiger partial charge in [0.05, 0.1) is 12.1 Å². The van der Waals surface area contributed by atoms with Gasteiger partial charge in [-0.3, -0.25) is 9.59 Å². The fourth-order valence-electron chi connectivity index (χ4n) is 6.13. The van der Waals surface area contributed by atoms with E-state index in [0.717, 1.165) is 48.1 Å². The molecule has 0 radical (unpaired) electrons. The van der Waals surface area contributed by atoms with Crippen molar-refractivity contribution in [3.8, 4) is 0 Å². The number of furan rings is 1. The second kappa shape index (κ2) is 9.58. The molecule has 0 unspecified atom stereocenters. The number of carbonyl (C=O) groups is 2. The fourth-order valence-corrected chi connectivity index (χ4v) is 6.13. The molecular formula is C31H33N3O3. The largest absolute Gasteiger partial charge is 0.460 e. The smallest absolute Gasteiger partial charge is 0.272 e. The highest BCUT2D eigenvalue weighted by molar-refractivity contribution is 6.03. The van der Waals surface area contributed by atoms with Crippen LogP contribution in [0.5, 0.6) is 0 Å². The van der Waals surface area contributed by atoms with Gasteiger partial charge < -0.3 is 19.2 Å². The van der Waals surface area contributed by atoms with Crippen LogP contribution in [0.4, 0.5) is 0 Å². The molecule has 6 rings (SSSR count). The van der Waals surface area contributed by atoms with Crippen LogP contribution in [-0.2, 0) is 23.4 Å². The molecule has 37 heavy (non-hydrogen) atoms. The van der Waals surface area contributed by atoms with E-state index in [4.69, 9.17) is 4.42 Å². The average Bonchev–Trinajstić information content (AvgIpc) is 3.31. The number of aromatic nitrogens is 1. The van der Waals surface area contributed by atoms with Crippen molar-refractivity contribution >= 4 is 22.9 Å². The van der Waals surface area contributed by atoms with Gasteiger partial charge in [-0.25, -0.2) is 0 Å². The Labute approximate surface area is 217 Å². The zero-order valence-electron chi connectivity index (χ0n) is 21.3. The van der Waals surface area contributed by atoms with Crippen molar-refractivity contribution in [2.24, 2.45) is 0 Å². The molecule has 190 valence electrons. The summed E-state index contributed by atoms with van der Waals surface area (Å²) in [5.74, 6) is 0.509. The molecule has 1 atom stereocenters. The highest BCUT2D eigenvalue weighted by atomic mass is 16.3. The number of fused-ring (bicyclic) bond motifs is 3. The van der Waals surface area contributed by atoms with E-state index in [-0.39, 0.29) is 17.9 Å². The van der Waals surface area contributed by atoms with Crippen LogP contribution in [0.2, 0.25) is 0 Å². The van der Waals surface area contributed by atoms with Crippen LogP contribution in [0, 0.1) is 6.92 Å². The summed E-state index contributed by atoms with van der Waals surface area (Å²) in [6.45, 7) is 2.56. The molecule has 1 fully saturated rings. The summed E-state index contributed by atoms with van der Waals surface area (Å²) >= 11 is 0. The van der Waals surface area contributed by atoms with E-state index in [1.807, 2.05) is 84.3 Å². The van der Waals surface area contributed by atoms with Crippen molar-refractivity contribution in [2.75, 3.05) is 0 Å². The first kappa shape index (κ1) is 23.6. The molecule has 6 heteroatoms. The Morgan fingerprint density at radius 3 is 2.35 bits per heavy atom. The minimum absolute atomic E-state index is 0.109. The van der Waals surface area contributed by atoms with E-state index >= 15 is 0 Å². The van der Waals surface area contributed by atoms with E-state index in [9.17, 15) is 9.59 Å². The fraction of sp³-hybridized carbons (Fsp3) is 0.355. The monoisotopic (exact) mass is 495 g/mol. The Bertz CT molecular complexity index is 1410. The van der Waals surface area contributed by atoms with Crippen molar-refractivity contribution < 1.29 is 14.0 Å². The first-order valence-corrected chi connectivity index (χ1v) is 13.4. The Kier molecular flexibility index (Phi) is 6.11. The molecule has 4 aromatic rings. The molecule has 0 spiro atoms. The number of aryl methyl sites for hydroxylation is 1. The van der Waals surface area contributed by atoms with Gasteiger partial charge in [0.25, 0.3) is 11.8 Å². The first-order valence-electron chi connectivity index (χ1n) is 13.4. The third-order valence-electron chi connectivity index (χ3n) is 8.03. The maximum absolute atomic E-state index is 14.6. The number of benzene rings is 2. The van der Waals surface area contributed by atoms with E-state index in [1.54, 1.807) is 4.90 Å². The molecule has 1 aliphatic carbocycles. The van der Waals surface area contributed by atoms with Crippen molar-refractivity contribution in [3.63, 3.8) is 0 Å². The summed E-state index contributed by atoms with van der Waals surface area (Å²) in [5, 5.41) is 3.41. The number of rotatable bonds is 5. The lowest BCUT2D eigenvalue weighted by atomic mass is 9.83. The van der Waals surface area contributed by atoms with Gasteiger partial charge in [0.2, 0.25) is 0 Å². The lowest BCUT2D eigenvalue weighted by Crippen LogP contribution is -2.63. The average molecular weight is 496 g/mol. The zero-order valence-corrected chi connectivity index (χ0v) is 21.3. The van der Waals surface area contributed by atoms with Crippen LogP contribution in [0.25, 0.3) is 11.1 Å². The molecule has 1 aliphatic heterocycles. The maximum Gasteiger partial charge on any atom is 0.272 e. The van der Waals surface area contributed by atoms with Gasteiger partial charge in [-0.05, 0) is 30.9 Å². The van der Waals surface area contributed by atoms with Crippen LogP contribution < -0.4 is 5.32 Å². The van der Waals surface area contributed by atoms with Gasteiger partial charge in [0, 0.05) is 24.7 Å². The van der Waals surface area contributed by atoms with E-state index in [1.165, 1.54) is 12.8 Å². The Morgan fingerprint density at radius 2 is 1.65 bits per heavy atom. The Morgan fingerprint density at radius 1 is 0.973 bits per heavy atom. The van der Waals surface area contributed by atoms with Crippen molar-refractivity contribution in [1.29, 1.82) is 0 Å². The van der Waals surface area contributed by atoms with Crippen LogP contribution in [0.3, 0.4) is 0 Å². The number of nitrogens with zero attached hydrogens (tertiary/aromatic N) is 2. The predicted molar refractivity (Wildman–Crippen MR) is 143 cm³/mol. The van der Waals surface area contributed by atoms with Crippen molar-refractivity contribution in [3.05, 3.63) is 95.4 Å². The zero-order chi connectivity index (χ0) is 25.4. The van der Waals surface area contributed by atoms with Crippen molar-refractivity contribution in [1.82, 2.24) is 14.8 Å². The van der Waals surface area contributed by atoms with Gasteiger partial charge in [0.1, 0.15) is 11.5 Å². The molecule has 1 N–H and O–H groups in total. The van der Waals surface area contributed by atoms with E-state index in [2.05, 4.69) is 5.32 Å². The second-order valence-electron chi connectivity index (χ2n) is 10.5. The highest BCUT2D eigenvalue weighted by Crippen LogP contribution is 2.41. The molecule has 2 amide bonds. The molecule has 2 aromatic heterocycles. The van der Waals surface area contributed by atoms with Gasteiger partial charge in [-0.15, -0.1) is 0 Å². The molecule has 1 saturated carbocycles. The third kappa shape index (κ3) is 4.14. The number of carbonyl (C=O) groups excluding carboxylic acids is 2. The van der Waals surface area contributed by atoms with Crippen LogP contribution >= 0.6 is 0 Å². The van der Waals surface area contributed by atoms with E-state index < -0.39 is 5.54 Å². The molecular weight excluding hydrogens is 462 g/mol. The lowest BCUT2D eigenvalue weighted by molar-refractivity contribution is -0.136. The standard InChI is InChI=1S/C31H33N3O3/c1-22-18-26-28(37-22)19-27-29(35)34(20-23-12-6-4-7-13-23)31(21-33(26)27,24-14-8-5-9-15-24)30(36)32-25-16-10-2-3-11-17-25/h4-9,12-15,18-19,25H,2-3,10-11,16-17,20-21H2,1H3,(H,32,36)/t31-/m0/s1. The van der Waals surface area contributed by atoms with Crippen LogP contribution in [-0.4, -0.2) is 27.3 Å². The third-order valence-corrected chi connectivity index (χ3v) is 8.03. The van der Waals surface area contributed by atoms with E-state index in [0.29, 0.717) is 24.4 Å². The summed E-state index contributed by atoms with van der Waals surface area (Å²) in [6.07, 6.45) is 6.60. The summed E-state index contributed by atoms with van der Waals surface area (Å²) in [7, 11) is 0. The molecule has 2 aliphatic rings. The number of nitrogens with one attached hydrogen (secondary N) is 1. The van der Waals surface area contributed by atoms with Gasteiger partial charge in [0.15, 0.2) is 11.1 Å². The Balaban J connectivity index is 1.52. The molecule has 0 bridgehead atoms. The highest BCUT2D eigenvalue weighted by Gasteiger charge is 2.53. The van der Waals surface area contributed by atoms with Gasteiger partial charge >= 0.3 is 0 Å². The maximum atomic E-state index is 14.6. The second-order valence-corrected chi connectivity index (χ2v) is 10.5. The molecule has 6 nitrogen and oxygen atoms in total. The van der Waals surface area contributed by atoms with Crippen LogP contribution in [0.15, 0.2) is 77.2 Å². The predicted octanol–water partition coefficient (Wildman–Crippen LogP) is 5.93. The van der Waals surface area contributed by atoms with Gasteiger partial charge in [-0.1, -0.05) is 86.3 Å². The normalized spacial score (nSPS) is 20.6. The lowest BCUT2D eigenvalue weighted by Gasteiger charge is -2.47. The Hall–Kier alpha value is -3.80. The SMILES string of the molecule is Cc1cc2c(cc3n2C[C@@](C(=O)NC2CCCCCC2)(c2ccccc2)N(Cc2ccccc2)C3=O)o1. The summed E-state index contributed by atoms with van der Waals surface area (Å²) in [5.41, 5.74) is 2.68. The van der Waals surface area contributed by atoms with Gasteiger partial charge in [-0.2, -0.15) is 0 Å². The van der Waals surface area contributed by atoms with Crippen molar-refractivity contribution in [2.45, 2.75) is 70.1 Å². The van der Waals surface area contributed by atoms with Crippen LogP contribution in [0.1, 0.15) is 65.9 Å². The summed E-state index contributed by atoms with van der Waals surface area (Å²) < 4.78 is 7.88. The summed E-state index contributed by atoms with van der Waals surface area (Å²) in [6, 6.07) is 23.6. The first-order chi connectivity index (χ1) is 18.1. The summed E-state index contributed by atoms with van der Waals surface area (Å²) in [4.78, 5) is 30.7. The number of amides is 2. The minimum Gasteiger partial charge on any atom is -0.460 e. The molecule has 3 heterocycles. The number of hydrogen-bond acceptors (Lipinski definition) is 3. The molecule has 0 saturated heterocycles. The topological polar surface area (TPSA) is 67.5 Å². The molecule has 2 aromatic carbocycles.